The zero-order valence-electron chi connectivity index (χ0n) is 8.66. The summed E-state index contributed by atoms with van der Waals surface area (Å²) in [7, 11) is 0. The van der Waals surface area contributed by atoms with Gasteiger partial charge < -0.3 is 15.6 Å². The molecule has 1 aromatic rings. The highest BCUT2D eigenvalue weighted by Gasteiger charge is 2.09. The van der Waals surface area contributed by atoms with Gasteiger partial charge in [-0.25, -0.2) is 4.68 Å². The Balaban J connectivity index is 2.70. The van der Waals surface area contributed by atoms with Crippen LogP contribution in [-0.4, -0.2) is 28.9 Å². The van der Waals surface area contributed by atoms with E-state index in [2.05, 4.69) is 5.10 Å². The molecule has 0 aliphatic rings. The van der Waals surface area contributed by atoms with Crippen LogP contribution in [0.15, 0.2) is 11.0 Å². The number of aromatic nitrogens is 2. The van der Waals surface area contributed by atoms with E-state index in [4.69, 9.17) is 10.5 Å². The van der Waals surface area contributed by atoms with E-state index in [1.54, 1.807) is 13.1 Å². The van der Waals surface area contributed by atoms with Crippen molar-refractivity contribution in [3.05, 3.63) is 22.1 Å². The molecule has 0 amide bonds. The van der Waals surface area contributed by atoms with E-state index in [1.807, 2.05) is 0 Å². The number of ether oxygens (including phenoxy) is 1. The molecule has 0 saturated carbocycles. The Morgan fingerprint density at radius 2 is 2.40 bits per heavy atom. The number of hydrogen-bond donors (Lipinski definition) is 2. The summed E-state index contributed by atoms with van der Waals surface area (Å²) in [5.41, 5.74) is 5.70. The number of H-pyrrole nitrogens is 1. The fourth-order valence-electron chi connectivity index (χ4n) is 1.24. The summed E-state index contributed by atoms with van der Waals surface area (Å²) in [6.45, 7) is 2.35. The number of rotatable bonds is 5. The summed E-state index contributed by atoms with van der Waals surface area (Å²) in [4.78, 5) is 22.7. The summed E-state index contributed by atoms with van der Waals surface area (Å²) < 4.78 is 5.94. The largest absolute Gasteiger partial charge is 0.465 e. The topological polar surface area (TPSA) is 90.1 Å². The van der Waals surface area contributed by atoms with Gasteiger partial charge in [-0.05, 0) is 19.9 Å². The van der Waals surface area contributed by atoms with Crippen LogP contribution < -0.4 is 11.3 Å². The van der Waals surface area contributed by atoms with Crippen molar-refractivity contribution in [2.75, 3.05) is 13.2 Å². The van der Waals surface area contributed by atoms with Gasteiger partial charge in [0.25, 0.3) is 5.56 Å². The van der Waals surface area contributed by atoms with Crippen LogP contribution in [0.25, 0.3) is 0 Å². The first-order valence-electron chi connectivity index (χ1n) is 4.81. The molecule has 0 aliphatic carbocycles. The van der Waals surface area contributed by atoms with E-state index < -0.39 is 5.97 Å². The normalized spacial score (nSPS) is 10.3. The van der Waals surface area contributed by atoms with E-state index in [0.717, 1.165) is 0 Å². The average Bonchev–Trinajstić information content (AvgIpc) is 2.51. The second-order valence-electron chi connectivity index (χ2n) is 3.03. The van der Waals surface area contributed by atoms with Crippen molar-refractivity contribution in [1.29, 1.82) is 0 Å². The highest BCUT2D eigenvalue weighted by atomic mass is 16.5. The SMILES string of the molecule is CCOC(=O)Cn1[nH]cc(CCN)c1=O. The molecule has 0 fully saturated rings. The lowest BCUT2D eigenvalue weighted by Gasteiger charge is -2.01. The maximum Gasteiger partial charge on any atom is 0.327 e. The number of nitrogens with zero attached hydrogens (tertiary/aromatic N) is 1. The number of aromatic amines is 1. The highest BCUT2D eigenvalue weighted by molar-refractivity contribution is 5.68. The second kappa shape index (κ2) is 5.35. The molecule has 15 heavy (non-hydrogen) atoms. The van der Waals surface area contributed by atoms with Gasteiger partial charge in [-0.3, -0.25) is 9.59 Å². The summed E-state index contributed by atoms with van der Waals surface area (Å²) in [6, 6.07) is 0. The van der Waals surface area contributed by atoms with Crippen molar-refractivity contribution in [3.8, 4) is 0 Å². The molecule has 0 saturated heterocycles. The molecule has 1 heterocycles. The molecule has 1 aromatic heterocycles. The summed E-state index contributed by atoms with van der Waals surface area (Å²) >= 11 is 0. The van der Waals surface area contributed by atoms with Crippen molar-refractivity contribution in [2.45, 2.75) is 19.9 Å². The standard InChI is InChI=1S/C9H15N3O3/c1-2-15-8(13)6-12-9(14)7(3-4-10)5-11-12/h5,11H,2-4,6,10H2,1H3. The summed E-state index contributed by atoms with van der Waals surface area (Å²) in [5, 5.41) is 2.70. The Labute approximate surface area is 87.0 Å². The van der Waals surface area contributed by atoms with Crippen LogP contribution in [0.5, 0.6) is 0 Å². The van der Waals surface area contributed by atoms with E-state index >= 15 is 0 Å². The minimum Gasteiger partial charge on any atom is -0.465 e. The molecule has 0 atom stereocenters. The molecular weight excluding hydrogens is 198 g/mol. The molecule has 0 unspecified atom stereocenters. The van der Waals surface area contributed by atoms with Crippen LogP contribution in [0.2, 0.25) is 0 Å². The van der Waals surface area contributed by atoms with E-state index in [-0.39, 0.29) is 12.1 Å². The zero-order valence-corrected chi connectivity index (χ0v) is 8.66. The first-order chi connectivity index (χ1) is 7.19. The molecule has 0 radical (unpaired) electrons. The molecule has 84 valence electrons. The average molecular weight is 213 g/mol. The Kier molecular flexibility index (Phi) is 4.11. The Morgan fingerprint density at radius 3 is 3.00 bits per heavy atom. The molecule has 6 nitrogen and oxygen atoms in total. The van der Waals surface area contributed by atoms with Gasteiger partial charge in [0, 0.05) is 11.8 Å². The summed E-state index contributed by atoms with van der Waals surface area (Å²) in [6.07, 6.45) is 2.07. The maximum absolute atomic E-state index is 11.6. The lowest BCUT2D eigenvalue weighted by Crippen LogP contribution is -2.25. The minimum atomic E-state index is -0.430. The number of hydrogen-bond acceptors (Lipinski definition) is 4. The highest BCUT2D eigenvalue weighted by Crippen LogP contribution is 1.91. The molecule has 0 aromatic carbocycles. The van der Waals surface area contributed by atoms with Gasteiger partial charge in [-0.1, -0.05) is 0 Å². The predicted molar refractivity (Wildman–Crippen MR) is 54.4 cm³/mol. The third-order valence-corrected chi connectivity index (χ3v) is 1.92. The minimum absolute atomic E-state index is 0.0861. The second-order valence-corrected chi connectivity index (χ2v) is 3.03. The van der Waals surface area contributed by atoms with Gasteiger partial charge in [0.1, 0.15) is 6.54 Å². The summed E-state index contributed by atoms with van der Waals surface area (Å²) in [5.74, 6) is -0.430. The van der Waals surface area contributed by atoms with Crippen LogP contribution in [0.4, 0.5) is 0 Å². The van der Waals surface area contributed by atoms with Gasteiger partial charge in [0.05, 0.1) is 6.61 Å². The van der Waals surface area contributed by atoms with Crippen molar-refractivity contribution in [2.24, 2.45) is 5.73 Å². The number of carbonyl (C=O) groups is 1. The molecule has 0 spiro atoms. The van der Waals surface area contributed by atoms with Gasteiger partial charge >= 0.3 is 5.97 Å². The molecule has 0 bridgehead atoms. The molecule has 3 N–H and O–H groups in total. The number of esters is 1. The van der Waals surface area contributed by atoms with Crippen LogP contribution >= 0.6 is 0 Å². The van der Waals surface area contributed by atoms with Crippen LogP contribution in [0.1, 0.15) is 12.5 Å². The van der Waals surface area contributed by atoms with E-state index in [9.17, 15) is 9.59 Å². The van der Waals surface area contributed by atoms with Crippen LogP contribution in [0, 0.1) is 0 Å². The van der Waals surface area contributed by atoms with E-state index in [1.165, 1.54) is 4.68 Å². The van der Waals surface area contributed by atoms with Crippen LogP contribution in [-0.2, 0) is 22.5 Å². The quantitative estimate of drug-likeness (QED) is 0.629. The van der Waals surface area contributed by atoms with Crippen molar-refractivity contribution < 1.29 is 9.53 Å². The van der Waals surface area contributed by atoms with Crippen LogP contribution in [0.3, 0.4) is 0 Å². The lowest BCUT2D eigenvalue weighted by molar-refractivity contribution is -0.144. The Bertz CT molecular complexity index is 380. The molecule has 6 heteroatoms. The number of carbonyl (C=O) groups excluding carboxylic acids is 1. The zero-order chi connectivity index (χ0) is 11.3. The number of nitrogens with one attached hydrogen (secondary N) is 1. The number of nitrogens with two attached hydrogens (primary N) is 1. The Morgan fingerprint density at radius 1 is 1.67 bits per heavy atom. The monoisotopic (exact) mass is 213 g/mol. The van der Waals surface area contributed by atoms with Gasteiger partial charge in [0.2, 0.25) is 0 Å². The van der Waals surface area contributed by atoms with Gasteiger partial charge in [-0.2, -0.15) is 0 Å². The molecule has 1 rings (SSSR count). The molecular formula is C9H15N3O3. The van der Waals surface area contributed by atoms with Crippen molar-refractivity contribution in [1.82, 2.24) is 9.78 Å². The van der Waals surface area contributed by atoms with Crippen molar-refractivity contribution >= 4 is 5.97 Å². The lowest BCUT2D eigenvalue weighted by atomic mass is 10.2. The maximum atomic E-state index is 11.6. The Hall–Kier alpha value is -1.56. The third kappa shape index (κ3) is 2.95. The smallest absolute Gasteiger partial charge is 0.327 e. The fourth-order valence-corrected chi connectivity index (χ4v) is 1.24. The third-order valence-electron chi connectivity index (χ3n) is 1.92. The van der Waals surface area contributed by atoms with E-state index in [0.29, 0.717) is 25.1 Å². The molecule has 0 aliphatic heterocycles. The van der Waals surface area contributed by atoms with Crippen molar-refractivity contribution in [3.63, 3.8) is 0 Å². The van der Waals surface area contributed by atoms with Gasteiger partial charge in [0.15, 0.2) is 0 Å². The predicted octanol–water partition coefficient (Wildman–Crippen LogP) is -0.759. The fraction of sp³-hybridized carbons (Fsp3) is 0.556. The first-order valence-corrected chi connectivity index (χ1v) is 4.81. The first kappa shape index (κ1) is 11.5. The van der Waals surface area contributed by atoms with Gasteiger partial charge in [-0.15, -0.1) is 0 Å².